The van der Waals surface area contributed by atoms with Gasteiger partial charge in [0.25, 0.3) is 12.5 Å². The van der Waals surface area contributed by atoms with Crippen LogP contribution in [-0.2, 0) is 5.41 Å². The van der Waals surface area contributed by atoms with Crippen LogP contribution in [0.25, 0.3) is 0 Å². The molecule has 0 aliphatic rings. The monoisotopic (exact) mass is 394 g/mol. The van der Waals surface area contributed by atoms with Crippen LogP contribution in [0.15, 0.2) is 78.9 Å². The van der Waals surface area contributed by atoms with Crippen molar-refractivity contribution < 1.29 is 22.6 Å². The molecule has 0 aromatic heterocycles. The van der Waals surface area contributed by atoms with Gasteiger partial charge in [0.1, 0.15) is 16.9 Å². The fraction of sp³-hybridized carbons (Fsp3) is 0.0909. The number of nitrogens with zero attached hydrogens (tertiary/aromatic N) is 2. The Morgan fingerprint density at radius 2 is 0.966 bits per heavy atom. The van der Waals surface area contributed by atoms with Gasteiger partial charge in [0.05, 0.1) is 0 Å². The zero-order valence-electron chi connectivity index (χ0n) is 14.9. The van der Waals surface area contributed by atoms with Gasteiger partial charge in [-0.15, -0.1) is 10.5 Å². The lowest BCUT2D eigenvalue weighted by atomic mass is 9.69. The van der Waals surface area contributed by atoms with Crippen LogP contribution in [0.1, 0.15) is 16.7 Å². The Bertz CT molecular complexity index is 989. The second-order valence-electron chi connectivity index (χ2n) is 6.05. The first-order chi connectivity index (χ1) is 13.9. The Morgan fingerprint density at radius 1 is 0.586 bits per heavy atom. The van der Waals surface area contributed by atoms with E-state index in [1.165, 1.54) is 85.3 Å². The van der Waals surface area contributed by atoms with Crippen LogP contribution >= 0.6 is 0 Å². The van der Waals surface area contributed by atoms with Crippen molar-refractivity contribution in [2.75, 3.05) is 0 Å². The first-order valence-electron chi connectivity index (χ1n) is 8.38. The molecule has 0 saturated carbocycles. The van der Waals surface area contributed by atoms with Crippen molar-refractivity contribution in [2.45, 2.75) is 11.6 Å². The molecule has 0 saturated heterocycles. The minimum atomic E-state index is -4.70. The van der Waals surface area contributed by atoms with E-state index in [-0.39, 0.29) is 28.2 Å². The number of ether oxygens (including phenoxy) is 2. The third-order valence-corrected chi connectivity index (χ3v) is 4.53. The molecule has 0 radical (unpaired) electrons. The number of halogens is 3. The highest BCUT2D eigenvalue weighted by Gasteiger charge is 2.58. The maximum absolute atomic E-state index is 14.8. The highest BCUT2D eigenvalue weighted by Crippen LogP contribution is 2.51. The highest BCUT2D eigenvalue weighted by molar-refractivity contribution is 5.54. The summed E-state index contributed by atoms with van der Waals surface area (Å²) in [6.07, 6.45) is -1.72. The number of nitriles is 2. The summed E-state index contributed by atoms with van der Waals surface area (Å²) in [5.74, 6) is 0.274. The number of hydrogen-bond donors (Lipinski definition) is 0. The molecule has 0 aliphatic heterocycles. The fourth-order valence-corrected chi connectivity index (χ4v) is 3.33. The van der Waals surface area contributed by atoms with E-state index in [2.05, 4.69) is 0 Å². The van der Waals surface area contributed by atoms with Gasteiger partial charge in [-0.2, -0.15) is 13.2 Å². The minimum absolute atomic E-state index is 0.0235. The second-order valence-corrected chi connectivity index (χ2v) is 6.05. The first kappa shape index (κ1) is 19.8. The zero-order valence-corrected chi connectivity index (χ0v) is 14.9. The SMILES string of the molecule is N#COc1ccc(C(c2ccccc2)(c2ccc(OC#N)cc2)C(F)(F)F)cc1. The molecular weight excluding hydrogens is 381 g/mol. The molecule has 0 bridgehead atoms. The summed E-state index contributed by atoms with van der Waals surface area (Å²) >= 11 is 0. The van der Waals surface area contributed by atoms with Crippen molar-refractivity contribution in [3.05, 3.63) is 95.6 Å². The van der Waals surface area contributed by atoms with E-state index in [1.54, 1.807) is 6.07 Å². The van der Waals surface area contributed by atoms with Crippen molar-refractivity contribution in [3.63, 3.8) is 0 Å². The lowest BCUT2D eigenvalue weighted by Crippen LogP contribution is -2.44. The third kappa shape index (κ3) is 3.59. The van der Waals surface area contributed by atoms with Crippen LogP contribution in [0.3, 0.4) is 0 Å². The predicted molar refractivity (Wildman–Crippen MR) is 97.7 cm³/mol. The second kappa shape index (κ2) is 7.95. The van der Waals surface area contributed by atoms with Gasteiger partial charge in [-0.1, -0.05) is 54.6 Å². The van der Waals surface area contributed by atoms with Crippen LogP contribution < -0.4 is 9.47 Å². The van der Waals surface area contributed by atoms with Crippen LogP contribution in [-0.4, -0.2) is 6.18 Å². The first-order valence-corrected chi connectivity index (χ1v) is 8.38. The van der Waals surface area contributed by atoms with Gasteiger partial charge in [-0.05, 0) is 41.0 Å². The summed E-state index contributed by atoms with van der Waals surface area (Å²) in [5, 5.41) is 17.2. The standard InChI is InChI=1S/C22H13F3N2O2/c23-22(24,25)21(16-4-2-1-3-5-16,17-6-10-19(11-7-17)28-14-26)18-8-12-20(13-9-18)29-15-27/h1-13H. The molecule has 0 spiro atoms. The van der Waals surface area contributed by atoms with Crippen molar-refractivity contribution >= 4 is 0 Å². The summed E-state index contributed by atoms with van der Waals surface area (Å²) < 4.78 is 53.7. The molecule has 0 fully saturated rings. The van der Waals surface area contributed by atoms with Crippen molar-refractivity contribution in [3.8, 4) is 24.0 Å². The molecule has 0 heterocycles. The van der Waals surface area contributed by atoms with Crippen molar-refractivity contribution in [1.29, 1.82) is 10.5 Å². The van der Waals surface area contributed by atoms with Crippen LogP contribution in [0, 0.1) is 23.0 Å². The van der Waals surface area contributed by atoms with E-state index in [1.807, 2.05) is 0 Å². The summed E-state index contributed by atoms with van der Waals surface area (Å²) in [6.45, 7) is 0. The Kier molecular flexibility index (Phi) is 5.43. The average Bonchev–Trinajstić information content (AvgIpc) is 2.71. The molecule has 3 rings (SSSR count). The molecule has 0 atom stereocenters. The maximum Gasteiger partial charge on any atom is 0.406 e. The molecule has 0 amide bonds. The zero-order chi connectivity index (χ0) is 20.9. The summed E-state index contributed by atoms with van der Waals surface area (Å²) in [6, 6.07) is 17.9. The maximum atomic E-state index is 14.8. The number of benzene rings is 3. The molecule has 29 heavy (non-hydrogen) atoms. The van der Waals surface area contributed by atoms with Gasteiger partial charge in [0.15, 0.2) is 0 Å². The molecule has 144 valence electrons. The van der Waals surface area contributed by atoms with Gasteiger partial charge in [0.2, 0.25) is 0 Å². The Hall–Kier alpha value is -3.97. The molecule has 3 aromatic rings. The molecule has 0 unspecified atom stereocenters. The quantitative estimate of drug-likeness (QED) is 0.435. The van der Waals surface area contributed by atoms with Gasteiger partial charge in [-0.25, -0.2) is 0 Å². The molecule has 4 nitrogen and oxygen atoms in total. The van der Waals surface area contributed by atoms with Gasteiger partial charge in [0, 0.05) is 0 Å². The number of hydrogen-bond acceptors (Lipinski definition) is 4. The minimum Gasteiger partial charge on any atom is -0.388 e. The molecule has 0 aliphatic carbocycles. The highest BCUT2D eigenvalue weighted by atomic mass is 19.4. The summed E-state index contributed by atoms with van der Waals surface area (Å²) in [7, 11) is 0. The molecule has 3 aromatic carbocycles. The van der Waals surface area contributed by atoms with E-state index in [4.69, 9.17) is 20.0 Å². The normalized spacial score (nSPS) is 11.2. The topological polar surface area (TPSA) is 66.0 Å². The van der Waals surface area contributed by atoms with Crippen LogP contribution in [0.4, 0.5) is 13.2 Å². The lowest BCUT2D eigenvalue weighted by Gasteiger charge is -2.37. The van der Waals surface area contributed by atoms with Gasteiger partial charge >= 0.3 is 6.18 Å². The van der Waals surface area contributed by atoms with E-state index >= 15 is 0 Å². The Morgan fingerprint density at radius 3 is 1.31 bits per heavy atom. The Balaban J connectivity index is 2.30. The van der Waals surface area contributed by atoms with Gasteiger partial charge < -0.3 is 9.47 Å². The van der Waals surface area contributed by atoms with Crippen molar-refractivity contribution in [2.24, 2.45) is 0 Å². The van der Waals surface area contributed by atoms with Crippen LogP contribution in [0.5, 0.6) is 11.5 Å². The number of alkyl halides is 3. The van der Waals surface area contributed by atoms with E-state index in [0.717, 1.165) is 0 Å². The summed E-state index contributed by atoms with van der Waals surface area (Å²) in [5.41, 5.74) is -2.55. The fourth-order valence-electron chi connectivity index (χ4n) is 3.33. The van der Waals surface area contributed by atoms with E-state index in [0.29, 0.717) is 0 Å². The number of rotatable bonds is 5. The molecule has 0 N–H and O–H groups in total. The molecule has 7 heteroatoms. The lowest BCUT2D eigenvalue weighted by molar-refractivity contribution is -0.166. The predicted octanol–water partition coefficient (Wildman–Crippen LogP) is 5.30. The third-order valence-electron chi connectivity index (χ3n) is 4.53. The average molecular weight is 394 g/mol. The van der Waals surface area contributed by atoms with Crippen molar-refractivity contribution in [1.82, 2.24) is 0 Å². The summed E-state index contributed by atoms with van der Waals surface area (Å²) in [4.78, 5) is 0. The largest absolute Gasteiger partial charge is 0.406 e. The van der Waals surface area contributed by atoms with Crippen LogP contribution in [0.2, 0.25) is 0 Å². The van der Waals surface area contributed by atoms with E-state index in [9.17, 15) is 13.2 Å². The van der Waals surface area contributed by atoms with Gasteiger partial charge in [-0.3, -0.25) is 0 Å². The Labute approximate surface area is 165 Å². The smallest absolute Gasteiger partial charge is 0.388 e. The van der Waals surface area contributed by atoms with E-state index < -0.39 is 11.6 Å². The molecular formula is C22H13F3N2O2.